The second-order valence-electron chi connectivity index (χ2n) is 5.28. The molecule has 0 aliphatic heterocycles. The first-order chi connectivity index (χ1) is 10.9. The lowest BCUT2D eigenvalue weighted by Gasteiger charge is -2.36. The fraction of sp³-hybridized carbons (Fsp3) is 0.846. The van der Waals surface area contributed by atoms with E-state index >= 15 is 0 Å². The number of carbonyl (C=O) groups excluding carboxylic acids is 2. The van der Waals surface area contributed by atoms with Crippen LogP contribution in [0.15, 0.2) is 0 Å². The standard InChI is InChI=1S/C13H20F2O7S/c1-2-6-12(7-4-3-5-8-12)20-10(16)9-19-11(17)13(14,15)23-22-21-18/h18H,2-9H2,1H3/p-1. The molecule has 0 spiro atoms. The molecule has 0 amide bonds. The van der Waals surface area contributed by atoms with Gasteiger partial charge < -0.3 is 14.7 Å². The maximum absolute atomic E-state index is 13.1. The van der Waals surface area contributed by atoms with Crippen molar-refractivity contribution in [2.45, 2.75) is 62.7 Å². The zero-order valence-electron chi connectivity index (χ0n) is 12.7. The molecule has 0 unspecified atom stereocenters. The van der Waals surface area contributed by atoms with Crippen LogP contribution in [0.25, 0.3) is 0 Å². The minimum Gasteiger partial charge on any atom is -0.691 e. The predicted octanol–water partition coefficient (Wildman–Crippen LogP) is 2.04. The van der Waals surface area contributed by atoms with Gasteiger partial charge in [0.2, 0.25) is 0 Å². The van der Waals surface area contributed by atoms with E-state index in [0.717, 1.165) is 25.7 Å². The second-order valence-corrected chi connectivity index (χ2v) is 6.10. The number of halogens is 2. The summed E-state index contributed by atoms with van der Waals surface area (Å²) >= 11 is -0.813. The first kappa shape index (κ1) is 20.1. The highest BCUT2D eigenvalue weighted by Crippen LogP contribution is 2.36. The molecule has 134 valence electrons. The molecule has 0 N–H and O–H groups in total. The van der Waals surface area contributed by atoms with Gasteiger partial charge in [0.25, 0.3) is 0 Å². The highest BCUT2D eigenvalue weighted by atomic mass is 32.2. The molecular weight excluding hydrogens is 338 g/mol. The molecule has 1 saturated carbocycles. The quantitative estimate of drug-likeness (QED) is 0.268. The van der Waals surface area contributed by atoms with E-state index in [-0.39, 0.29) is 0 Å². The lowest BCUT2D eigenvalue weighted by atomic mass is 9.81. The summed E-state index contributed by atoms with van der Waals surface area (Å²) in [4.78, 5) is 22.9. The molecule has 0 radical (unpaired) electrons. The van der Waals surface area contributed by atoms with Crippen LogP contribution < -0.4 is 5.26 Å². The van der Waals surface area contributed by atoms with Crippen LogP contribution in [-0.2, 0) is 28.4 Å². The van der Waals surface area contributed by atoms with E-state index < -0.39 is 41.4 Å². The van der Waals surface area contributed by atoms with Gasteiger partial charge in [0.1, 0.15) is 17.6 Å². The fourth-order valence-corrected chi connectivity index (χ4v) is 2.87. The van der Waals surface area contributed by atoms with Gasteiger partial charge in [0.15, 0.2) is 6.61 Å². The highest BCUT2D eigenvalue weighted by molar-refractivity contribution is 7.96. The average Bonchev–Trinajstić information content (AvgIpc) is 2.51. The van der Waals surface area contributed by atoms with Crippen molar-refractivity contribution in [2.24, 2.45) is 0 Å². The summed E-state index contributed by atoms with van der Waals surface area (Å²) < 4.78 is 39.2. The number of ether oxygens (including phenoxy) is 2. The van der Waals surface area contributed by atoms with Gasteiger partial charge in [-0.05, 0) is 32.1 Å². The van der Waals surface area contributed by atoms with Gasteiger partial charge in [0, 0.05) is 0 Å². The van der Waals surface area contributed by atoms with Crippen molar-refractivity contribution in [3.63, 3.8) is 0 Å². The van der Waals surface area contributed by atoms with Gasteiger partial charge in [-0.15, -0.1) is 0 Å². The van der Waals surface area contributed by atoms with Crippen LogP contribution in [0.5, 0.6) is 0 Å². The highest BCUT2D eigenvalue weighted by Gasteiger charge is 2.44. The molecule has 10 heteroatoms. The largest absolute Gasteiger partial charge is 0.691 e. The third kappa shape index (κ3) is 6.58. The second kappa shape index (κ2) is 9.36. The van der Waals surface area contributed by atoms with Gasteiger partial charge >= 0.3 is 17.2 Å². The van der Waals surface area contributed by atoms with Gasteiger partial charge in [0.05, 0.1) is 0 Å². The van der Waals surface area contributed by atoms with Crippen LogP contribution in [0, 0.1) is 0 Å². The van der Waals surface area contributed by atoms with Crippen LogP contribution in [0.3, 0.4) is 0 Å². The van der Waals surface area contributed by atoms with Crippen molar-refractivity contribution in [1.29, 1.82) is 0 Å². The normalized spacial score (nSPS) is 17.6. The van der Waals surface area contributed by atoms with Crippen molar-refractivity contribution in [1.82, 2.24) is 0 Å². The monoisotopic (exact) mass is 357 g/mol. The molecule has 0 aromatic heterocycles. The summed E-state index contributed by atoms with van der Waals surface area (Å²) in [6.45, 7) is 1.03. The van der Waals surface area contributed by atoms with Crippen LogP contribution >= 0.6 is 12.0 Å². The number of hydrogen-bond acceptors (Lipinski definition) is 8. The van der Waals surface area contributed by atoms with Gasteiger partial charge in [-0.2, -0.15) is 13.1 Å². The lowest BCUT2D eigenvalue weighted by Crippen LogP contribution is -2.39. The van der Waals surface area contributed by atoms with E-state index in [9.17, 15) is 23.6 Å². The SMILES string of the molecule is CCCC1(OC(=O)COC(=O)C(F)(F)SOO[O-])CCCCC1. The molecule has 1 aliphatic carbocycles. The molecule has 0 atom stereocenters. The maximum Gasteiger partial charge on any atom is 0.415 e. The number of carbonyl (C=O) groups is 2. The average molecular weight is 357 g/mol. The van der Waals surface area contributed by atoms with Crippen LogP contribution in [0.1, 0.15) is 51.9 Å². The Bertz CT molecular complexity index is 394. The smallest absolute Gasteiger partial charge is 0.415 e. The minimum atomic E-state index is -4.17. The first-order valence-electron chi connectivity index (χ1n) is 7.26. The molecule has 23 heavy (non-hydrogen) atoms. The number of hydrogen-bond donors (Lipinski definition) is 0. The van der Waals surface area contributed by atoms with Crippen LogP contribution in [0.4, 0.5) is 8.78 Å². The number of rotatable bonds is 9. The summed E-state index contributed by atoms with van der Waals surface area (Å²) in [7, 11) is 0. The number of esters is 2. The summed E-state index contributed by atoms with van der Waals surface area (Å²) in [5, 5.41) is 8.04. The van der Waals surface area contributed by atoms with Crippen molar-refractivity contribution in [2.75, 3.05) is 6.61 Å². The van der Waals surface area contributed by atoms with Crippen LogP contribution in [0.2, 0.25) is 0 Å². The molecule has 1 fully saturated rings. The summed E-state index contributed by atoms with van der Waals surface area (Å²) in [6, 6.07) is 0. The van der Waals surface area contributed by atoms with Crippen molar-refractivity contribution < 1.29 is 42.5 Å². The maximum atomic E-state index is 13.1. The Kier molecular flexibility index (Phi) is 8.17. The Balaban J connectivity index is 2.47. The lowest BCUT2D eigenvalue weighted by molar-refractivity contribution is -0.777. The molecule has 0 aromatic rings. The molecule has 0 heterocycles. The van der Waals surface area contributed by atoms with E-state index in [2.05, 4.69) is 14.1 Å². The molecular formula is C13H19F2O7S-. The molecule has 0 bridgehead atoms. The van der Waals surface area contributed by atoms with Gasteiger partial charge in [-0.3, -0.25) is 5.04 Å². The zero-order valence-corrected chi connectivity index (χ0v) is 13.5. The molecule has 0 saturated heterocycles. The van der Waals surface area contributed by atoms with Crippen molar-refractivity contribution >= 4 is 24.0 Å². The van der Waals surface area contributed by atoms with Gasteiger partial charge in [-0.1, -0.05) is 19.8 Å². The van der Waals surface area contributed by atoms with E-state index in [1.165, 1.54) is 0 Å². The van der Waals surface area contributed by atoms with Crippen molar-refractivity contribution in [3.8, 4) is 0 Å². The third-order valence-corrected chi connectivity index (χ3v) is 4.03. The zero-order chi connectivity index (χ0) is 17.3. The van der Waals surface area contributed by atoms with E-state index in [1.807, 2.05) is 6.92 Å². The van der Waals surface area contributed by atoms with Gasteiger partial charge in [-0.25, -0.2) is 9.59 Å². The third-order valence-electron chi connectivity index (χ3n) is 3.53. The molecule has 1 rings (SSSR count). The molecule has 0 aromatic carbocycles. The summed E-state index contributed by atoms with van der Waals surface area (Å²) in [6.07, 6.45) is 5.82. The van der Waals surface area contributed by atoms with E-state index in [4.69, 9.17) is 4.74 Å². The Hall–Kier alpha value is -0.970. The summed E-state index contributed by atoms with van der Waals surface area (Å²) in [5.74, 6) is -2.90. The van der Waals surface area contributed by atoms with E-state index in [1.54, 1.807) is 0 Å². The topological polar surface area (TPSA) is 94.1 Å². The number of alkyl halides is 2. The van der Waals surface area contributed by atoms with Crippen molar-refractivity contribution in [3.05, 3.63) is 0 Å². The molecule has 7 nitrogen and oxygen atoms in total. The fourth-order valence-electron chi connectivity index (χ4n) is 2.62. The Morgan fingerprint density at radius 2 is 1.91 bits per heavy atom. The van der Waals surface area contributed by atoms with Crippen LogP contribution in [-0.4, -0.2) is 29.4 Å². The Labute approximate surface area is 136 Å². The first-order valence-corrected chi connectivity index (χ1v) is 8.00. The minimum absolute atomic E-state index is 0.604. The predicted molar refractivity (Wildman–Crippen MR) is 72.5 cm³/mol. The van der Waals surface area contributed by atoms with E-state index in [0.29, 0.717) is 19.3 Å². The Morgan fingerprint density at radius 1 is 1.26 bits per heavy atom. The molecule has 1 aliphatic rings. The summed E-state index contributed by atoms with van der Waals surface area (Å²) in [5.41, 5.74) is -0.604. The Morgan fingerprint density at radius 3 is 2.48 bits per heavy atom.